The first-order valence-corrected chi connectivity index (χ1v) is 9.69. The van der Waals surface area contributed by atoms with Gasteiger partial charge in [-0.15, -0.1) is 11.3 Å². The van der Waals surface area contributed by atoms with Gasteiger partial charge < -0.3 is 10.6 Å². The molecule has 0 atom stereocenters. The minimum atomic E-state index is -2.97. The van der Waals surface area contributed by atoms with E-state index in [-0.39, 0.29) is 11.5 Å². The molecule has 2 aromatic rings. The van der Waals surface area contributed by atoms with E-state index in [1.807, 2.05) is 11.4 Å². The zero-order valence-electron chi connectivity index (χ0n) is 12.2. The van der Waals surface area contributed by atoms with Crippen molar-refractivity contribution in [2.24, 2.45) is 0 Å². The highest BCUT2D eigenvalue weighted by atomic mass is 32.2. The fourth-order valence-corrected chi connectivity index (χ4v) is 3.24. The van der Waals surface area contributed by atoms with Crippen LogP contribution in [0.2, 0.25) is 0 Å². The first-order valence-electron chi connectivity index (χ1n) is 6.99. The summed E-state index contributed by atoms with van der Waals surface area (Å²) in [6.45, 7) is 4.89. The molecule has 0 aliphatic carbocycles. The average Bonchev–Trinajstić information content (AvgIpc) is 2.93. The van der Waals surface area contributed by atoms with Crippen LogP contribution < -0.4 is 10.6 Å². The zero-order valence-corrected chi connectivity index (χ0v) is 13.9. The number of hydrogen-bond donors (Lipinski definition) is 2. The summed E-state index contributed by atoms with van der Waals surface area (Å²) < 4.78 is 23.1. The summed E-state index contributed by atoms with van der Waals surface area (Å²) in [7, 11) is -2.97. The lowest BCUT2D eigenvalue weighted by molar-refractivity contribution is 0.597. The van der Waals surface area contributed by atoms with Crippen LogP contribution in [-0.4, -0.2) is 43.0 Å². The molecule has 0 aromatic carbocycles. The summed E-state index contributed by atoms with van der Waals surface area (Å²) in [6, 6.07) is 1.94. The summed E-state index contributed by atoms with van der Waals surface area (Å²) in [5.41, 5.74) is 0. The van der Waals surface area contributed by atoms with Crippen molar-refractivity contribution >= 4 is 43.2 Å². The van der Waals surface area contributed by atoms with E-state index < -0.39 is 9.84 Å². The predicted molar refractivity (Wildman–Crippen MR) is 89.0 cm³/mol. The summed E-state index contributed by atoms with van der Waals surface area (Å²) in [6.07, 6.45) is 0.989. The highest BCUT2D eigenvalue weighted by Gasteiger charge is 2.11. The summed E-state index contributed by atoms with van der Waals surface area (Å²) in [4.78, 5) is 9.77. The normalized spacial score (nSPS) is 11.7. The average molecular weight is 328 g/mol. The van der Waals surface area contributed by atoms with E-state index in [0.29, 0.717) is 18.3 Å². The van der Waals surface area contributed by atoms with Gasteiger partial charge in [0.25, 0.3) is 0 Å². The highest BCUT2D eigenvalue weighted by Crippen LogP contribution is 2.26. The van der Waals surface area contributed by atoms with Crippen molar-refractivity contribution in [3.8, 4) is 0 Å². The van der Waals surface area contributed by atoms with Crippen LogP contribution in [0.1, 0.15) is 20.3 Å². The molecule has 2 aromatic heterocycles. The topological polar surface area (TPSA) is 84.0 Å². The Kier molecular flexibility index (Phi) is 5.35. The molecule has 0 radical (unpaired) electrons. The minimum Gasteiger partial charge on any atom is -0.368 e. The number of anilines is 2. The zero-order chi connectivity index (χ0) is 15.3. The Hall–Kier alpha value is -1.41. The quantitative estimate of drug-likeness (QED) is 0.774. The van der Waals surface area contributed by atoms with E-state index in [9.17, 15) is 8.42 Å². The Morgan fingerprint density at radius 1 is 1.19 bits per heavy atom. The number of nitrogens with zero attached hydrogens (tertiary/aromatic N) is 2. The molecule has 116 valence electrons. The molecule has 0 saturated carbocycles. The fraction of sp³-hybridized carbons (Fsp3) is 0.538. The van der Waals surface area contributed by atoms with E-state index in [1.54, 1.807) is 18.3 Å². The molecule has 0 unspecified atom stereocenters. The third-order valence-electron chi connectivity index (χ3n) is 3.00. The molecule has 21 heavy (non-hydrogen) atoms. The van der Waals surface area contributed by atoms with Gasteiger partial charge in [0.15, 0.2) is 9.84 Å². The Bertz CT molecular complexity index is 697. The number of hydrogen-bond acceptors (Lipinski definition) is 7. The van der Waals surface area contributed by atoms with Gasteiger partial charge in [0, 0.05) is 18.8 Å². The molecule has 0 aliphatic rings. The first kappa shape index (κ1) is 16.0. The highest BCUT2D eigenvalue weighted by molar-refractivity contribution is 7.91. The third kappa shape index (κ3) is 4.28. The van der Waals surface area contributed by atoms with Crippen LogP contribution in [0.5, 0.6) is 0 Å². The van der Waals surface area contributed by atoms with Gasteiger partial charge in [-0.05, 0) is 17.9 Å². The molecule has 0 spiro atoms. The van der Waals surface area contributed by atoms with Gasteiger partial charge in [-0.2, -0.15) is 4.98 Å². The molecule has 0 amide bonds. The molecule has 0 bridgehead atoms. The molecule has 2 rings (SSSR count). The Labute approximate surface area is 128 Å². The lowest BCUT2D eigenvalue weighted by Gasteiger charge is -2.09. The Morgan fingerprint density at radius 2 is 2.00 bits per heavy atom. The number of rotatable bonds is 8. The van der Waals surface area contributed by atoms with Crippen molar-refractivity contribution in [3.05, 3.63) is 11.4 Å². The third-order valence-corrected chi connectivity index (χ3v) is 5.52. The van der Waals surface area contributed by atoms with E-state index >= 15 is 0 Å². The van der Waals surface area contributed by atoms with Gasteiger partial charge in [-0.3, -0.25) is 0 Å². The maximum absolute atomic E-state index is 11.5. The smallest absolute Gasteiger partial charge is 0.226 e. The van der Waals surface area contributed by atoms with Crippen molar-refractivity contribution in [1.82, 2.24) is 9.97 Å². The maximum atomic E-state index is 11.5. The molecular formula is C13H20N4O2S2. The first-order chi connectivity index (χ1) is 10.1. The van der Waals surface area contributed by atoms with Crippen LogP contribution in [-0.2, 0) is 9.84 Å². The number of fused-ring (bicyclic) bond motifs is 1. The largest absolute Gasteiger partial charge is 0.368 e. The van der Waals surface area contributed by atoms with Gasteiger partial charge in [0.1, 0.15) is 10.6 Å². The molecule has 8 heteroatoms. The molecule has 0 saturated heterocycles. The predicted octanol–water partition coefficient (Wildman–Crippen LogP) is 2.36. The lowest BCUT2D eigenvalue weighted by Crippen LogP contribution is -2.18. The van der Waals surface area contributed by atoms with E-state index in [4.69, 9.17) is 0 Å². The van der Waals surface area contributed by atoms with Crippen LogP contribution in [0.15, 0.2) is 11.4 Å². The molecule has 2 heterocycles. The Balaban J connectivity index is 2.15. The fourth-order valence-electron chi connectivity index (χ4n) is 1.78. The molecule has 2 N–H and O–H groups in total. The second kappa shape index (κ2) is 7.04. The second-order valence-electron chi connectivity index (χ2n) is 4.63. The molecular weight excluding hydrogens is 308 g/mol. The van der Waals surface area contributed by atoms with E-state index in [2.05, 4.69) is 27.5 Å². The number of aromatic nitrogens is 2. The van der Waals surface area contributed by atoms with Crippen molar-refractivity contribution in [2.75, 3.05) is 35.2 Å². The van der Waals surface area contributed by atoms with Crippen molar-refractivity contribution < 1.29 is 8.42 Å². The van der Waals surface area contributed by atoms with E-state index in [1.165, 1.54) is 0 Å². The van der Waals surface area contributed by atoms with Gasteiger partial charge >= 0.3 is 0 Å². The minimum absolute atomic E-state index is 0.108. The second-order valence-corrected chi connectivity index (χ2v) is 7.99. The molecule has 0 aliphatic heterocycles. The van der Waals surface area contributed by atoms with Gasteiger partial charge in [-0.1, -0.05) is 13.8 Å². The summed E-state index contributed by atoms with van der Waals surface area (Å²) >= 11 is 1.54. The van der Waals surface area contributed by atoms with Crippen LogP contribution >= 0.6 is 11.3 Å². The SMILES string of the molecule is CCCNc1nc(NCCS(=O)(=O)CC)c2ccsc2n1. The van der Waals surface area contributed by atoms with Crippen LogP contribution in [0, 0.1) is 0 Å². The lowest BCUT2D eigenvalue weighted by atomic mass is 10.4. The number of sulfone groups is 1. The molecule has 6 nitrogen and oxygen atoms in total. The summed E-state index contributed by atoms with van der Waals surface area (Å²) in [5.74, 6) is 1.53. The standard InChI is InChI=1S/C13H20N4O2S2/c1-3-6-15-13-16-11(10-5-8-20-12(10)17-13)14-7-9-21(18,19)4-2/h5,8H,3-4,6-7,9H2,1-2H3,(H2,14,15,16,17). The van der Waals surface area contributed by atoms with Gasteiger partial charge in [0.05, 0.1) is 11.1 Å². The maximum Gasteiger partial charge on any atom is 0.226 e. The van der Waals surface area contributed by atoms with Crippen molar-refractivity contribution in [3.63, 3.8) is 0 Å². The number of thiophene rings is 1. The van der Waals surface area contributed by atoms with Crippen molar-refractivity contribution in [2.45, 2.75) is 20.3 Å². The van der Waals surface area contributed by atoms with Gasteiger partial charge in [0.2, 0.25) is 5.95 Å². The van der Waals surface area contributed by atoms with Gasteiger partial charge in [-0.25, -0.2) is 13.4 Å². The monoisotopic (exact) mass is 328 g/mol. The van der Waals surface area contributed by atoms with Crippen LogP contribution in [0.3, 0.4) is 0 Å². The van der Waals surface area contributed by atoms with Crippen LogP contribution in [0.4, 0.5) is 11.8 Å². The molecule has 0 fully saturated rings. The summed E-state index contributed by atoms with van der Waals surface area (Å²) in [5, 5.41) is 9.16. The van der Waals surface area contributed by atoms with Crippen LogP contribution in [0.25, 0.3) is 10.2 Å². The number of nitrogens with one attached hydrogen (secondary N) is 2. The van der Waals surface area contributed by atoms with E-state index in [0.717, 1.165) is 23.2 Å². The Morgan fingerprint density at radius 3 is 2.71 bits per heavy atom. The van der Waals surface area contributed by atoms with Crippen molar-refractivity contribution in [1.29, 1.82) is 0 Å².